The van der Waals surface area contributed by atoms with Gasteiger partial charge in [-0.3, -0.25) is 0 Å². The van der Waals surface area contributed by atoms with Crippen molar-refractivity contribution in [1.29, 1.82) is 0 Å². The fourth-order valence-electron chi connectivity index (χ4n) is 9.20. The molecule has 1 rings (SSSR count). The zero-order valence-corrected chi connectivity index (χ0v) is 40.7. The molecule has 0 amide bonds. The van der Waals surface area contributed by atoms with Crippen molar-refractivity contribution >= 4 is 55.9 Å². The van der Waals surface area contributed by atoms with Crippen LogP contribution < -0.4 is 20.7 Å². The molecule has 0 aliphatic rings. The molecule has 0 radical (unpaired) electrons. The Kier molecular flexibility index (Phi) is 32.4. The molecule has 0 unspecified atom stereocenters. The van der Waals surface area contributed by atoms with E-state index >= 15 is 0 Å². The molecule has 0 spiro atoms. The normalized spacial score (nSPS) is 12.1. The maximum atomic E-state index is 2.95. The van der Waals surface area contributed by atoms with E-state index in [1.165, 1.54) is 154 Å². The van der Waals surface area contributed by atoms with Crippen LogP contribution in [-0.4, -0.2) is 35.2 Å². The Morgan fingerprint density at radius 3 is 0.620 bits per heavy atom. The summed E-state index contributed by atoms with van der Waals surface area (Å²) in [6.45, 7) is 19.5. The van der Waals surface area contributed by atoms with Crippen LogP contribution in [0, 0.1) is 0 Å². The number of hydrogen-bond acceptors (Lipinski definition) is 0. The van der Waals surface area contributed by atoms with Gasteiger partial charge in [-0.2, -0.15) is 0 Å². The fourth-order valence-corrected chi connectivity index (χ4v) is 27.9. The van der Waals surface area contributed by atoms with Gasteiger partial charge in [0.25, 0.3) is 0 Å². The summed E-state index contributed by atoms with van der Waals surface area (Å²) in [5.74, 6) is 0. The molecule has 0 aliphatic carbocycles. The summed E-state index contributed by atoms with van der Waals surface area (Å²) in [7, 11) is -4.12. The number of rotatable bonds is 36. The maximum Gasteiger partial charge on any atom is 0.0706 e. The Balaban J connectivity index is 4.20. The van der Waals surface area contributed by atoms with Gasteiger partial charge in [0.05, 0.1) is 35.2 Å². The average molecular weight is 760 g/mol. The van der Waals surface area contributed by atoms with Gasteiger partial charge in [-0.15, -0.1) is 0 Å². The van der Waals surface area contributed by atoms with Crippen molar-refractivity contribution < 1.29 is 0 Å². The Morgan fingerprint density at radius 1 is 0.260 bits per heavy atom. The van der Waals surface area contributed by atoms with Gasteiger partial charge in [-0.25, -0.2) is 0 Å². The molecule has 4 heteroatoms. The molecule has 0 heterocycles. The van der Waals surface area contributed by atoms with Crippen molar-refractivity contribution in [1.82, 2.24) is 0 Å². The van der Waals surface area contributed by atoms with Gasteiger partial charge in [0.1, 0.15) is 0 Å². The van der Waals surface area contributed by atoms with Crippen molar-refractivity contribution in [3.63, 3.8) is 0 Å². The minimum Gasteiger partial charge on any atom is -0.0654 e. The molecule has 1 aromatic carbocycles. The fraction of sp³-hybridized carbons (Fsp3) is 0.870. The van der Waals surface area contributed by atoms with Crippen LogP contribution in [-0.2, 0) is 0 Å². The highest BCUT2D eigenvalue weighted by atomic mass is 28.3. The largest absolute Gasteiger partial charge is 0.0706 e. The lowest BCUT2D eigenvalue weighted by Gasteiger charge is -2.34. The van der Waals surface area contributed by atoms with Gasteiger partial charge >= 0.3 is 0 Å². The van der Waals surface area contributed by atoms with Crippen LogP contribution in [0.1, 0.15) is 209 Å². The lowest BCUT2D eigenvalue weighted by molar-refractivity contribution is 0.746. The molecule has 0 aromatic heterocycles. The predicted molar refractivity (Wildman–Crippen MR) is 248 cm³/mol. The van der Waals surface area contributed by atoms with E-state index in [-0.39, 0.29) is 0 Å². The molecule has 50 heavy (non-hydrogen) atoms. The van der Waals surface area contributed by atoms with Crippen molar-refractivity contribution in [2.75, 3.05) is 0 Å². The molecule has 0 bridgehead atoms. The standard InChI is InChI=1S/C46H94Si4/c1-9-17-25-35-47(36-26-18-10-2)43-33-34-44(48(37-27-19-11-3)38-28-20-12-4)46(50(41-31-23-15-7)42-32-24-16-8)45(43)49(39-29-21-13-5)40-30-22-14-6/h33-34,47-50H,9-32,35-42H2,1-8H3. The highest BCUT2D eigenvalue weighted by Gasteiger charge is 2.32. The van der Waals surface area contributed by atoms with Crippen LogP contribution in [0.4, 0.5) is 0 Å². The Labute approximate surface area is 324 Å². The first-order valence-electron chi connectivity index (χ1n) is 23.7. The highest BCUT2D eigenvalue weighted by Crippen LogP contribution is 2.20. The van der Waals surface area contributed by atoms with Crippen molar-refractivity contribution in [2.24, 2.45) is 0 Å². The second kappa shape index (κ2) is 33.6. The zero-order chi connectivity index (χ0) is 36.7. The molecule has 0 saturated carbocycles. The van der Waals surface area contributed by atoms with Crippen LogP contribution in [0.2, 0.25) is 48.4 Å². The topological polar surface area (TPSA) is 0 Å². The SMILES string of the molecule is CCCCC[SiH](CCCCC)c1ccc([SiH](CCCCC)CCCCC)c([SiH](CCCCC)CCCCC)c1[SiH](CCCCC)CCCCC. The Bertz CT molecular complexity index is 774. The average Bonchev–Trinajstić information content (AvgIpc) is 3.12. The lowest BCUT2D eigenvalue weighted by atomic mass is 10.3. The van der Waals surface area contributed by atoms with E-state index in [0.717, 1.165) is 0 Å². The van der Waals surface area contributed by atoms with E-state index < -0.39 is 35.2 Å². The maximum absolute atomic E-state index is 2.95. The Morgan fingerprint density at radius 2 is 0.440 bits per heavy atom. The zero-order valence-electron chi connectivity index (χ0n) is 36.1. The van der Waals surface area contributed by atoms with Gasteiger partial charge in [0.15, 0.2) is 0 Å². The first kappa shape index (κ1) is 48.1. The highest BCUT2D eigenvalue weighted by molar-refractivity contribution is 6.94. The molecule has 0 atom stereocenters. The molecular formula is C46H94Si4. The van der Waals surface area contributed by atoms with E-state index in [9.17, 15) is 0 Å². The van der Waals surface area contributed by atoms with E-state index in [1.807, 2.05) is 0 Å². The molecule has 0 aliphatic heterocycles. The molecule has 0 fully saturated rings. The smallest absolute Gasteiger partial charge is 0.0654 e. The van der Waals surface area contributed by atoms with Gasteiger partial charge in [0, 0.05) is 0 Å². The summed E-state index contributed by atoms with van der Waals surface area (Å²) < 4.78 is 0. The van der Waals surface area contributed by atoms with Crippen LogP contribution >= 0.6 is 0 Å². The minimum absolute atomic E-state index is 1.00. The van der Waals surface area contributed by atoms with Crippen molar-refractivity contribution in [3.8, 4) is 0 Å². The minimum atomic E-state index is -1.06. The predicted octanol–water partition coefficient (Wildman–Crippen LogP) is 12.9. The van der Waals surface area contributed by atoms with Crippen LogP contribution in [0.15, 0.2) is 12.1 Å². The number of benzene rings is 1. The quantitative estimate of drug-likeness (QED) is 0.0472. The molecule has 0 nitrogen and oxygen atoms in total. The molecule has 1 aromatic rings. The third-order valence-electron chi connectivity index (χ3n) is 12.3. The first-order valence-corrected chi connectivity index (χ1v) is 32.6. The third kappa shape index (κ3) is 20.0. The monoisotopic (exact) mass is 759 g/mol. The van der Waals surface area contributed by atoms with Crippen molar-refractivity contribution in [3.05, 3.63) is 12.1 Å². The summed E-state index contributed by atoms with van der Waals surface area (Å²) in [5, 5.41) is 8.73. The lowest BCUT2D eigenvalue weighted by Crippen LogP contribution is -2.65. The molecular weight excluding hydrogens is 665 g/mol. The number of hydrogen-bond donors (Lipinski definition) is 0. The van der Waals surface area contributed by atoms with Gasteiger partial charge in [-0.05, 0) is 0 Å². The van der Waals surface area contributed by atoms with Gasteiger partial charge in [0.2, 0.25) is 0 Å². The van der Waals surface area contributed by atoms with Crippen LogP contribution in [0.25, 0.3) is 0 Å². The van der Waals surface area contributed by atoms with Gasteiger partial charge < -0.3 is 0 Å². The molecule has 0 saturated heterocycles. The Hall–Kier alpha value is 0.0875. The second-order valence-corrected chi connectivity index (χ2v) is 29.4. The molecule has 294 valence electrons. The summed E-state index contributed by atoms with van der Waals surface area (Å²) in [6.07, 6.45) is 34.9. The summed E-state index contributed by atoms with van der Waals surface area (Å²) in [6, 6.07) is 18.8. The third-order valence-corrected chi connectivity index (χ3v) is 27.8. The summed E-state index contributed by atoms with van der Waals surface area (Å²) in [5.41, 5.74) is 0. The van der Waals surface area contributed by atoms with E-state index in [2.05, 4.69) is 88.3 Å². The van der Waals surface area contributed by atoms with E-state index in [0.29, 0.717) is 0 Å². The van der Waals surface area contributed by atoms with E-state index in [1.54, 1.807) is 48.4 Å². The van der Waals surface area contributed by atoms with E-state index in [4.69, 9.17) is 0 Å². The summed E-state index contributed by atoms with van der Waals surface area (Å²) in [4.78, 5) is 0. The second-order valence-electron chi connectivity index (χ2n) is 16.8. The van der Waals surface area contributed by atoms with Crippen LogP contribution in [0.3, 0.4) is 0 Å². The molecule has 0 N–H and O–H groups in total. The van der Waals surface area contributed by atoms with Crippen molar-refractivity contribution in [2.45, 2.75) is 258 Å². The van der Waals surface area contributed by atoms with Gasteiger partial charge in [-0.1, -0.05) is 291 Å². The number of unbranched alkanes of at least 4 members (excludes halogenated alkanes) is 16. The summed E-state index contributed by atoms with van der Waals surface area (Å²) >= 11 is 0. The first-order chi connectivity index (χ1) is 24.6. The van der Waals surface area contributed by atoms with Crippen LogP contribution in [0.5, 0.6) is 0 Å².